The number of nitrogens with one attached hydrogen (secondary N) is 1. The number of rotatable bonds is 2. The van der Waals surface area contributed by atoms with Crippen molar-refractivity contribution in [3.8, 4) is 17.3 Å². The van der Waals surface area contributed by atoms with Gasteiger partial charge in [0, 0.05) is 18.2 Å². The number of hydrogen-bond donors (Lipinski definition) is 2. The minimum Gasteiger partial charge on any atom is -0.398 e. The molecule has 0 atom stereocenters. The predicted molar refractivity (Wildman–Crippen MR) is 78.1 cm³/mol. The molecule has 0 spiro atoms. The third kappa shape index (κ3) is 2.87. The molecule has 0 aliphatic heterocycles. The molecule has 3 N–H and O–H groups in total. The highest BCUT2D eigenvalue weighted by atomic mass is 35.5. The Kier molecular flexibility index (Phi) is 3.87. The normalized spacial score (nSPS) is 9.85. The fraction of sp³-hybridized carbons (Fsp3) is 0.0714. The molecule has 5 nitrogen and oxygen atoms in total. The molecule has 2 aromatic rings. The van der Waals surface area contributed by atoms with Crippen LogP contribution in [0, 0.1) is 11.3 Å². The molecule has 0 fully saturated rings. The van der Waals surface area contributed by atoms with Crippen LogP contribution in [0.25, 0.3) is 11.3 Å². The third-order valence-electron chi connectivity index (χ3n) is 2.62. The van der Waals surface area contributed by atoms with Gasteiger partial charge in [-0.15, -0.1) is 0 Å². The Hall–Kier alpha value is -2.58. The number of hydrogen-bond acceptors (Lipinski definition) is 4. The number of aromatic nitrogens is 1. The molecule has 0 saturated heterocycles. The van der Waals surface area contributed by atoms with Crippen LogP contribution in [0.5, 0.6) is 0 Å². The van der Waals surface area contributed by atoms with Crippen molar-refractivity contribution in [1.82, 2.24) is 4.98 Å². The molecule has 2 rings (SSSR count). The second kappa shape index (κ2) is 5.59. The van der Waals surface area contributed by atoms with Crippen LogP contribution in [0.15, 0.2) is 30.3 Å². The van der Waals surface area contributed by atoms with Crippen LogP contribution in [0.4, 0.5) is 11.4 Å². The smallest absolute Gasteiger partial charge is 0.221 e. The van der Waals surface area contributed by atoms with Crippen molar-refractivity contribution < 1.29 is 4.79 Å². The molecule has 1 heterocycles. The van der Waals surface area contributed by atoms with E-state index in [1.807, 2.05) is 6.07 Å². The molecule has 0 radical (unpaired) electrons. The summed E-state index contributed by atoms with van der Waals surface area (Å²) in [6, 6.07) is 10.6. The van der Waals surface area contributed by atoms with Gasteiger partial charge in [-0.1, -0.05) is 23.7 Å². The lowest BCUT2D eigenvalue weighted by atomic mass is 10.1. The SMILES string of the molecule is CC(=O)Nc1ccc(-c2cc(N)c(C#N)c(Cl)n2)cc1. The Bertz CT molecular complexity index is 681. The van der Waals surface area contributed by atoms with Gasteiger partial charge in [0.15, 0.2) is 0 Å². The molecule has 1 amide bonds. The van der Waals surface area contributed by atoms with Crippen molar-refractivity contribution in [1.29, 1.82) is 5.26 Å². The van der Waals surface area contributed by atoms with Gasteiger partial charge in [-0.3, -0.25) is 4.79 Å². The summed E-state index contributed by atoms with van der Waals surface area (Å²) in [5, 5.41) is 11.6. The molecular formula is C14H11ClN4O. The largest absolute Gasteiger partial charge is 0.398 e. The van der Waals surface area contributed by atoms with Gasteiger partial charge in [0.2, 0.25) is 5.91 Å². The number of nitrogen functional groups attached to an aromatic ring is 1. The van der Waals surface area contributed by atoms with Crippen molar-refractivity contribution in [2.24, 2.45) is 0 Å². The number of carbonyl (C=O) groups is 1. The molecule has 1 aromatic carbocycles. The van der Waals surface area contributed by atoms with E-state index >= 15 is 0 Å². The fourth-order valence-electron chi connectivity index (χ4n) is 1.72. The van der Waals surface area contributed by atoms with E-state index in [0.29, 0.717) is 11.4 Å². The van der Waals surface area contributed by atoms with Gasteiger partial charge in [0.05, 0.1) is 11.4 Å². The maximum absolute atomic E-state index is 10.9. The summed E-state index contributed by atoms with van der Waals surface area (Å²) in [6.45, 7) is 1.44. The molecule has 1 aromatic heterocycles. The van der Waals surface area contributed by atoms with Gasteiger partial charge < -0.3 is 11.1 Å². The average molecular weight is 287 g/mol. The first-order valence-corrected chi connectivity index (χ1v) is 6.13. The summed E-state index contributed by atoms with van der Waals surface area (Å²) in [5.41, 5.74) is 8.27. The fourth-order valence-corrected chi connectivity index (χ4v) is 1.96. The van der Waals surface area contributed by atoms with Crippen LogP contribution in [0.1, 0.15) is 12.5 Å². The number of nitrogens with two attached hydrogens (primary N) is 1. The van der Waals surface area contributed by atoms with Gasteiger partial charge in [-0.05, 0) is 18.2 Å². The Morgan fingerprint density at radius 1 is 1.40 bits per heavy atom. The van der Waals surface area contributed by atoms with E-state index in [2.05, 4.69) is 10.3 Å². The zero-order valence-electron chi connectivity index (χ0n) is 10.6. The Morgan fingerprint density at radius 3 is 2.55 bits per heavy atom. The van der Waals surface area contributed by atoms with Crippen LogP contribution in [-0.4, -0.2) is 10.9 Å². The summed E-state index contributed by atoms with van der Waals surface area (Å²) in [6.07, 6.45) is 0. The van der Waals surface area contributed by atoms with Crippen LogP contribution in [0.2, 0.25) is 5.15 Å². The Labute approximate surface area is 121 Å². The molecule has 100 valence electrons. The van der Waals surface area contributed by atoms with Gasteiger partial charge in [0.1, 0.15) is 16.8 Å². The molecule has 0 bridgehead atoms. The number of amides is 1. The molecule has 0 aliphatic rings. The lowest BCUT2D eigenvalue weighted by Gasteiger charge is -2.07. The summed E-state index contributed by atoms with van der Waals surface area (Å²) >= 11 is 5.91. The number of nitrogens with zero attached hydrogens (tertiary/aromatic N) is 2. The number of nitriles is 1. The first kappa shape index (κ1) is 13.8. The summed E-state index contributed by atoms with van der Waals surface area (Å²) < 4.78 is 0. The van der Waals surface area contributed by atoms with E-state index in [1.54, 1.807) is 30.3 Å². The first-order chi connectivity index (χ1) is 9.51. The number of halogens is 1. The molecule has 0 aliphatic carbocycles. The Morgan fingerprint density at radius 2 is 2.05 bits per heavy atom. The minimum atomic E-state index is -0.137. The van der Waals surface area contributed by atoms with Crippen LogP contribution in [0.3, 0.4) is 0 Å². The molecular weight excluding hydrogens is 276 g/mol. The van der Waals surface area contributed by atoms with Gasteiger partial charge in [-0.25, -0.2) is 4.98 Å². The monoisotopic (exact) mass is 286 g/mol. The van der Waals surface area contributed by atoms with Gasteiger partial charge in [0.25, 0.3) is 0 Å². The highest BCUT2D eigenvalue weighted by Crippen LogP contribution is 2.27. The van der Waals surface area contributed by atoms with E-state index in [4.69, 9.17) is 22.6 Å². The maximum atomic E-state index is 10.9. The van der Waals surface area contributed by atoms with Gasteiger partial charge in [-0.2, -0.15) is 5.26 Å². The van der Waals surface area contributed by atoms with Crippen LogP contribution < -0.4 is 11.1 Å². The zero-order chi connectivity index (χ0) is 14.7. The third-order valence-corrected chi connectivity index (χ3v) is 2.89. The van der Waals surface area contributed by atoms with Crippen molar-refractivity contribution in [2.75, 3.05) is 11.1 Å². The highest BCUT2D eigenvalue weighted by Gasteiger charge is 2.10. The highest BCUT2D eigenvalue weighted by molar-refractivity contribution is 6.31. The van der Waals surface area contributed by atoms with E-state index in [9.17, 15) is 4.79 Å². The lowest BCUT2D eigenvalue weighted by Crippen LogP contribution is -2.05. The van der Waals surface area contributed by atoms with Crippen LogP contribution in [-0.2, 0) is 4.79 Å². The Balaban J connectivity index is 2.37. The zero-order valence-corrected chi connectivity index (χ0v) is 11.4. The number of pyridine rings is 1. The molecule has 20 heavy (non-hydrogen) atoms. The topological polar surface area (TPSA) is 91.8 Å². The average Bonchev–Trinajstić information content (AvgIpc) is 2.38. The van der Waals surface area contributed by atoms with E-state index in [-0.39, 0.29) is 22.3 Å². The summed E-state index contributed by atoms with van der Waals surface area (Å²) in [4.78, 5) is 15.1. The number of anilines is 2. The van der Waals surface area contributed by atoms with Crippen LogP contribution >= 0.6 is 11.6 Å². The van der Waals surface area contributed by atoms with Crippen molar-refractivity contribution >= 4 is 28.9 Å². The molecule has 0 unspecified atom stereocenters. The maximum Gasteiger partial charge on any atom is 0.221 e. The van der Waals surface area contributed by atoms with E-state index in [1.165, 1.54) is 6.92 Å². The van der Waals surface area contributed by atoms with Gasteiger partial charge >= 0.3 is 0 Å². The van der Waals surface area contributed by atoms with Crippen molar-refractivity contribution in [3.63, 3.8) is 0 Å². The predicted octanol–water partition coefficient (Wildman–Crippen LogP) is 2.81. The lowest BCUT2D eigenvalue weighted by molar-refractivity contribution is -0.114. The molecule has 0 saturated carbocycles. The van der Waals surface area contributed by atoms with E-state index < -0.39 is 0 Å². The number of carbonyl (C=O) groups excluding carboxylic acids is 1. The summed E-state index contributed by atoms with van der Waals surface area (Å²) in [7, 11) is 0. The standard InChI is InChI=1S/C14H11ClN4O/c1-8(20)18-10-4-2-9(3-5-10)13-6-12(17)11(7-16)14(15)19-13/h2-6H,1H3,(H2,17,19)(H,18,20). The van der Waals surface area contributed by atoms with Crippen molar-refractivity contribution in [3.05, 3.63) is 41.0 Å². The second-order valence-electron chi connectivity index (χ2n) is 4.13. The first-order valence-electron chi connectivity index (χ1n) is 5.75. The number of benzene rings is 1. The minimum absolute atomic E-state index is 0.0773. The second-order valence-corrected chi connectivity index (χ2v) is 4.49. The summed E-state index contributed by atoms with van der Waals surface area (Å²) in [5.74, 6) is -0.137. The molecule has 6 heteroatoms. The quantitative estimate of drug-likeness (QED) is 0.830. The van der Waals surface area contributed by atoms with Crippen molar-refractivity contribution in [2.45, 2.75) is 6.92 Å². The van der Waals surface area contributed by atoms with E-state index in [0.717, 1.165) is 5.56 Å².